The summed E-state index contributed by atoms with van der Waals surface area (Å²) in [7, 11) is 0. The molecule has 4 aromatic rings. The molecule has 0 radical (unpaired) electrons. The van der Waals surface area contributed by atoms with E-state index in [-0.39, 0.29) is 19.0 Å². The molecule has 0 saturated carbocycles. The Kier molecular flexibility index (Phi) is 11.2. The first-order valence-corrected chi connectivity index (χ1v) is 10.6. The summed E-state index contributed by atoms with van der Waals surface area (Å²) >= 11 is 0. The quantitative estimate of drug-likeness (QED) is 0.236. The van der Waals surface area contributed by atoms with Gasteiger partial charge >= 0.3 is 11.4 Å². The molecule has 0 fully saturated rings. The molecular weight excluding hydrogens is 493 g/mol. The van der Waals surface area contributed by atoms with Crippen molar-refractivity contribution in [3.8, 4) is 5.75 Å². The molecule has 0 heterocycles. The van der Waals surface area contributed by atoms with Crippen LogP contribution in [0, 0.1) is 37.7 Å². The Morgan fingerprint density at radius 1 is 0.622 bits per heavy atom. The highest BCUT2D eigenvalue weighted by Crippen LogP contribution is 2.30. The van der Waals surface area contributed by atoms with E-state index in [2.05, 4.69) is 0 Å². The predicted molar refractivity (Wildman–Crippen MR) is 129 cm³/mol. The molecule has 0 unspecified atom stereocenters. The molecule has 1 N–H and O–H groups in total. The second kappa shape index (κ2) is 14.6. The molecule has 0 bridgehead atoms. The second-order valence-electron chi connectivity index (χ2n) is 7.09. The van der Waals surface area contributed by atoms with Crippen LogP contribution >= 0.6 is 0 Å². The summed E-state index contributed by atoms with van der Waals surface area (Å²) in [6.07, 6.45) is 0. The fourth-order valence-corrected chi connectivity index (χ4v) is 2.77. The van der Waals surface area contributed by atoms with Crippen molar-refractivity contribution >= 4 is 11.4 Å². The van der Waals surface area contributed by atoms with Crippen LogP contribution in [-0.4, -0.2) is 15.0 Å². The number of para-hydroxylation sites is 2. The van der Waals surface area contributed by atoms with Crippen molar-refractivity contribution in [1.29, 1.82) is 0 Å². The van der Waals surface area contributed by atoms with Crippen molar-refractivity contribution in [1.82, 2.24) is 0 Å². The molecule has 0 aliphatic rings. The number of halogens is 3. The Bertz CT molecular complexity index is 1290. The highest BCUT2D eigenvalue weighted by molar-refractivity contribution is 5.47. The lowest BCUT2D eigenvalue weighted by molar-refractivity contribution is -0.390. The summed E-state index contributed by atoms with van der Waals surface area (Å²) < 4.78 is 43.4. The normalized spacial score (nSPS) is 9.73. The van der Waals surface area contributed by atoms with Gasteiger partial charge in [0.15, 0.2) is 0 Å². The van der Waals surface area contributed by atoms with Gasteiger partial charge in [-0.2, -0.15) is 13.2 Å². The number of nitrogens with zero attached hydrogens (tertiary/aromatic N) is 2. The molecule has 0 spiro atoms. The van der Waals surface area contributed by atoms with Crippen LogP contribution in [0.25, 0.3) is 0 Å². The second-order valence-corrected chi connectivity index (χ2v) is 7.09. The zero-order chi connectivity index (χ0) is 27.2. The van der Waals surface area contributed by atoms with E-state index in [1.54, 1.807) is 0 Å². The Labute approximate surface area is 209 Å². The molecule has 0 saturated heterocycles. The van der Waals surface area contributed by atoms with Gasteiger partial charge in [-0.05, 0) is 35.4 Å². The Morgan fingerprint density at radius 2 is 1.05 bits per heavy atom. The number of aliphatic hydroxyl groups is 1. The molecule has 0 aliphatic heterocycles. The van der Waals surface area contributed by atoms with Gasteiger partial charge in [0.05, 0.1) is 16.5 Å². The number of nitro benzene ring substituents is 2. The number of benzene rings is 4. The molecule has 4 aromatic carbocycles. The van der Waals surface area contributed by atoms with Crippen LogP contribution in [0.3, 0.4) is 0 Å². The van der Waals surface area contributed by atoms with E-state index in [9.17, 15) is 33.4 Å². The van der Waals surface area contributed by atoms with Crippen LogP contribution in [-0.2, 0) is 13.2 Å². The summed E-state index contributed by atoms with van der Waals surface area (Å²) in [5, 5.41) is 29.2. The van der Waals surface area contributed by atoms with Crippen LogP contribution in [0.2, 0.25) is 0 Å². The average Bonchev–Trinajstić information content (AvgIpc) is 2.89. The lowest BCUT2D eigenvalue weighted by Crippen LogP contribution is -2.00. The molecular formula is C26H21F3N2O6. The molecule has 37 heavy (non-hydrogen) atoms. The molecule has 0 aromatic heterocycles. The molecule has 8 nitrogen and oxygen atoms in total. The summed E-state index contributed by atoms with van der Waals surface area (Å²) in [5.41, 5.74) is 0.0875. The highest BCUT2D eigenvalue weighted by atomic mass is 19.1. The van der Waals surface area contributed by atoms with Gasteiger partial charge in [0.2, 0.25) is 23.2 Å². The number of hydrogen-bond acceptors (Lipinski definition) is 6. The first-order valence-electron chi connectivity index (χ1n) is 10.6. The first-order chi connectivity index (χ1) is 17.7. The Balaban J connectivity index is 0.000000215. The van der Waals surface area contributed by atoms with E-state index in [4.69, 9.17) is 9.84 Å². The molecule has 192 valence electrons. The van der Waals surface area contributed by atoms with Gasteiger partial charge in [0.1, 0.15) is 6.61 Å². The molecule has 0 aliphatic carbocycles. The van der Waals surface area contributed by atoms with Crippen LogP contribution < -0.4 is 4.74 Å². The maximum atomic E-state index is 13.3. The van der Waals surface area contributed by atoms with Gasteiger partial charge in [0, 0.05) is 0 Å². The third kappa shape index (κ3) is 9.07. The van der Waals surface area contributed by atoms with Gasteiger partial charge in [-0.1, -0.05) is 72.8 Å². The van der Waals surface area contributed by atoms with Gasteiger partial charge in [0.25, 0.3) is 0 Å². The topological polar surface area (TPSA) is 116 Å². The summed E-state index contributed by atoms with van der Waals surface area (Å²) in [4.78, 5) is 18.8. The lowest BCUT2D eigenvalue weighted by Gasteiger charge is -2.06. The predicted octanol–water partition coefficient (Wildman–Crippen LogP) is 6.36. The molecule has 4 rings (SSSR count). The monoisotopic (exact) mass is 514 g/mol. The fraction of sp³-hybridized carbons (Fsp3) is 0.0769. The fourth-order valence-electron chi connectivity index (χ4n) is 2.77. The number of nitro groups is 2. The maximum absolute atomic E-state index is 13.3. The number of ether oxygens (including phenoxy) is 1. The van der Waals surface area contributed by atoms with E-state index in [1.807, 2.05) is 60.7 Å². The number of aliphatic hydroxyl groups excluding tert-OH is 1. The van der Waals surface area contributed by atoms with E-state index in [1.165, 1.54) is 12.1 Å². The van der Waals surface area contributed by atoms with E-state index < -0.39 is 38.7 Å². The number of rotatable bonds is 6. The molecule has 0 atom stereocenters. The minimum absolute atomic E-state index is 0.0659. The first kappa shape index (κ1) is 28.5. The minimum Gasteiger partial charge on any atom is -0.482 e. The summed E-state index contributed by atoms with van der Waals surface area (Å²) in [5.74, 6) is -3.28. The molecule has 11 heteroatoms. The van der Waals surface area contributed by atoms with E-state index >= 15 is 0 Å². The van der Waals surface area contributed by atoms with Crippen LogP contribution in [0.5, 0.6) is 5.75 Å². The Morgan fingerprint density at radius 3 is 1.46 bits per heavy atom. The Hall–Kier alpha value is -4.77. The molecule has 0 amide bonds. The third-order valence-electron chi connectivity index (χ3n) is 4.52. The van der Waals surface area contributed by atoms with Gasteiger partial charge in [-0.25, -0.2) is 0 Å². The van der Waals surface area contributed by atoms with Crippen molar-refractivity contribution in [2.75, 3.05) is 0 Å². The zero-order valence-corrected chi connectivity index (χ0v) is 19.2. The number of hydrogen-bond donors (Lipinski definition) is 1. The minimum atomic E-state index is -1.16. The average molecular weight is 514 g/mol. The van der Waals surface area contributed by atoms with Gasteiger partial charge in [-0.15, -0.1) is 0 Å². The van der Waals surface area contributed by atoms with Crippen molar-refractivity contribution in [2.24, 2.45) is 0 Å². The smallest absolute Gasteiger partial charge is 0.346 e. The van der Waals surface area contributed by atoms with Gasteiger partial charge < -0.3 is 9.84 Å². The largest absolute Gasteiger partial charge is 0.482 e. The van der Waals surface area contributed by atoms with Crippen molar-refractivity contribution in [3.63, 3.8) is 0 Å². The van der Waals surface area contributed by atoms with E-state index in [0.29, 0.717) is 0 Å². The van der Waals surface area contributed by atoms with Gasteiger partial charge in [-0.3, -0.25) is 20.2 Å². The standard InChI is InChI=1S/C13H10FNO3.C7H8O.C6H3F2NO2/c14-11-7-4-8-12(13(11)15(16)17)18-9-10-5-2-1-3-6-10;8-6-7-4-2-1-3-5-7;7-4-2-1-3-5(8)6(4)9(10)11/h1-8H,9H2;1-5,8H,6H2;1-3H. The summed E-state index contributed by atoms with van der Waals surface area (Å²) in [6, 6.07) is 25.2. The third-order valence-corrected chi connectivity index (χ3v) is 4.52. The van der Waals surface area contributed by atoms with Crippen molar-refractivity contribution < 1.29 is 32.9 Å². The van der Waals surface area contributed by atoms with Crippen LogP contribution in [0.15, 0.2) is 97.1 Å². The lowest BCUT2D eigenvalue weighted by atomic mass is 10.2. The highest BCUT2D eigenvalue weighted by Gasteiger charge is 2.21. The van der Waals surface area contributed by atoms with Crippen molar-refractivity contribution in [2.45, 2.75) is 13.2 Å². The summed E-state index contributed by atoms with van der Waals surface area (Å²) in [6.45, 7) is 0.298. The zero-order valence-electron chi connectivity index (χ0n) is 19.2. The SMILES string of the molecule is O=[N+]([O-])c1c(F)cccc1F.O=[N+]([O-])c1c(F)cccc1OCc1ccccc1.OCc1ccccc1. The van der Waals surface area contributed by atoms with Crippen LogP contribution in [0.4, 0.5) is 24.5 Å². The maximum Gasteiger partial charge on any atom is 0.346 e. The van der Waals surface area contributed by atoms with Crippen molar-refractivity contribution in [3.05, 3.63) is 146 Å². The van der Waals surface area contributed by atoms with Crippen LogP contribution in [0.1, 0.15) is 11.1 Å². The van der Waals surface area contributed by atoms with E-state index in [0.717, 1.165) is 35.4 Å².